The first-order valence-corrected chi connectivity index (χ1v) is 13.6. The summed E-state index contributed by atoms with van der Waals surface area (Å²) in [6.45, 7) is 10.2. The summed E-state index contributed by atoms with van der Waals surface area (Å²) >= 11 is 0. The molecule has 0 saturated heterocycles. The Hall–Kier alpha value is -0.260. The van der Waals surface area contributed by atoms with E-state index in [2.05, 4.69) is 32.9 Å². The molecule has 0 fully saturated rings. The molecule has 0 aliphatic heterocycles. The second-order valence-electron chi connectivity index (χ2n) is 9.29. The summed E-state index contributed by atoms with van der Waals surface area (Å²) in [5.41, 5.74) is 0. The lowest BCUT2D eigenvalue weighted by Crippen LogP contribution is -2.01. The van der Waals surface area contributed by atoms with Crippen molar-refractivity contribution in [2.45, 2.75) is 155 Å². The lowest BCUT2D eigenvalue weighted by atomic mass is 9.90. The van der Waals surface area contributed by atoms with E-state index in [1.807, 2.05) is 0 Å². The standard InChI is InChI=1S/C29H56/c1-4-7-10-12-13-14-15-16-17-18-19-20-21-23-25-28-29(26-9-6-3)27-24-22-11-8-5-2/h16-17,29H,1-2,4-15,18-28H2,3H3/b17-16+. The summed E-state index contributed by atoms with van der Waals surface area (Å²) in [7, 11) is 0. The highest BCUT2D eigenvalue weighted by molar-refractivity contribution is 4.81. The Kier molecular flexibility index (Phi) is 25.5. The maximum Gasteiger partial charge on any atom is -0.0351 e. The topological polar surface area (TPSA) is 0 Å². The minimum atomic E-state index is 1.01. The molecular weight excluding hydrogens is 348 g/mol. The molecule has 0 amide bonds. The Morgan fingerprint density at radius 2 is 0.862 bits per heavy atom. The van der Waals surface area contributed by atoms with Crippen LogP contribution in [-0.4, -0.2) is 0 Å². The molecule has 0 aliphatic rings. The molecule has 0 rings (SSSR count). The van der Waals surface area contributed by atoms with Crippen LogP contribution in [0.25, 0.3) is 0 Å². The smallest absolute Gasteiger partial charge is 0.0351 e. The van der Waals surface area contributed by atoms with Gasteiger partial charge < -0.3 is 0 Å². The summed E-state index contributed by atoms with van der Waals surface area (Å²) in [6, 6.07) is 0. The molecule has 29 heavy (non-hydrogen) atoms. The van der Waals surface area contributed by atoms with Crippen LogP contribution in [-0.2, 0) is 0 Å². The average Bonchev–Trinajstić information content (AvgIpc) is 2.73. The third-order valence-electron chi connectivity index (χ3n) is 6.35. The highest BCUT2D eigenvalue weighted by Gasteiger charge is 2.08. The van der Waals surface area contributed by atoms with Crippen molar-refractivity contribution < 1.29 is 0 Å². The van der Waals surface area contributed by atoms with Gasteiger partial charge in [-0.05, 0) is 31.6 Å². The first-order chi connectivity index (χ1) is 14.3. The van der Waals surface area contributed by atoms with Crippen LogP contribution in [0.15, 0.2) is 12.2 Å². The monoisotopic (exact) mass is 404 g/mol. The molecule has 0 heteroatoms. The third kappa shape index (κ3) is 23.9. The van der Waals surface area contributed by atoms with Crippen LogP contribution < -0.4 is 0 Å². The van der Waals surface area contributed by atoms with E-state index in [0.717, 1.165) is 18.8 Å². The number of hydrogen-bond acceptors (Lipinski definition) is 0. The first-order valence-electron chi connectivity index (χ1n) is 13.6. The number of unbranched alkanes of at least 4 members (excludes halogenated alkanes) is 16. The highest BCUT2D eigenvalue weighted by atomic mass is 14.1. The molecule has 0 N–H and O–H groups in total. The highest BCUT2D eigenvalue weighted by Crippen LogP contribution is 2.23. The molecule has 1 unspecified atom stereocenters. The van der Waals surface area contributed by atoms with Crippen molar-refractivity contribution in [2.75, 3.05) is 0 Å². The van der Waals surface area contributed by atoms with Crippen molar-refractivity contribution in [1.82, 2.24) is 0 Å². The Morgan fingerprint density at radius 3 is 1.31 bits per heavy atom. The molecule has 0 aromatic carbocycles. The lowest BCUT2D eigenvalue weighted by molar-refractivity contribution is 0.371. The fourth-order valence-corrected chi connectivity index (χ4v) is 4.32. The summed E-state index contributed by atoms with van der Waals surface area (Å²) < 4.78 is 0. The van der Waals surface area contributed by atoms with Gasteiger partial charge in [0, 0.05) is 0 Å². The fourth-order valence-electron chi connectivity index (χ4n) is 4.32. The second kappa shape index (κ2) is 25.8. The summed E-state index contributed by atoms with van der Waals surface area (Å²) in [4.78, 5) is 0. The van der Waals surface area contributed by atoms with Crippen LogP contribution in [0.2, 0.25) is 0 Å². The second-order valence-corrected chi connectivity index (χ2v) is 9.29. The molecule has 0 aliphatic carbocycles. The molecule has 0 nitrogen and oxygen atoms in total. The minimum Gasteiger partial charge on any atom is -0.0885 e. The molecule has 0 aromatic rings. The molecule has 172 valence electrons. The van der Waals surface area contributed by atoms with E-state index in [4.69, 9.17) is 0 Å². The normalized spacial score (nSPS) is 12.8. The van der Waals surface area contributed by atoms with E-state index < -0.39 is 0 Å². The Bertz CT molecular complexity index is 303. The van der Waals surface area contributed by atoms with Crippen LogP contribution in [0.1, 0.15) is 155 Å². The van der Waals surface area contributed by atoms with Crippen molar-refractivity contribution in [3.63, 3.8) is 0 Å². The molecule has 2 radical (unpaired) electrons. The quantitative estimate of drug-likeness (QED) is 0.111. The van der Waals surface area contributed by atoms with Gasteiger partial charge in [0.05, 0.1) is 0 Å². The van der Waals surface area contributed by atoms with Gasteiger partial charge in [0.25, 0.3) is 0 Å². The minimum absolute atomic E-state index is 1.01. The Morgan fingerprint density at radius 1 is 0.483 bits per heavy atom. The summed E-state index contributed by atoms with van der Waals surface area (Å²) in [6.07, 6.45) is 36.6. The predicted molar refractivity (Wildman–Crippen MR) is 135 cm³/mol. The Labute approximate surface area is 186 Å². The largest absolute Gasteiger partial charge is 0.0885 e. The lowest BCUT2D eigenvalue weighted by Gasteiger charge is -2.16. The molecule has 1 atom stereocenters. The zero-order chi connectivity index (χ0) is 21.3. The van der Waals surface area contributed by atoms with Crippen LogP contribution in [0, 0.1) is 19.8 Å². The Balaban J connectivity index is 3.48. The van der Waals surface area contributed by atoms with Gasteiger partial charge in [-0.1, -0.05) is 155 Å². The van der Waals surface area contributed by atoms with Crippen molar-refractivity contribution in [2.24, 2.45) is 5.92 Å². The maximum absolute atomic E-state index is 3.96. The van der Waals surface area contributed by atoms with E-state index in [1.54, 1.807) is 0 Å². The van der Waals surface area contributed by atoms with Crippen molar-refractivity contribution >= 4 is 0 Å². The van der Waals surface area contributed by atoms with Gasteiger partial charge in [-0.2, -0.15) is 0 Å². The summed E-state index contributed by atoms with van der Waals surface area (Å²) in [5.74, 6) is 1.01. The maximum atomic E-state index is 3.96. The van der Waals surface area contributed by atoms with E-state index in [1.165, 1.54) is 135 Å². The van der Waals surface area contributed by atoms with E-state index >= 15 is 0 Å². The molecule has 0 saturated carbocycles. The zero-order valence-electron chi connectivity index (χ0n) is 20.4. The average molecular weight is 405 g/mol. The van der Waals surface area contributed by atoms with E-state index in [9.17, 15) is 0 Å². The van der Waals surface area contributed by atoms with Gasteiger partial charge in [-0.3, -0.25) is 0 Å². The van der Waals surface area contributed by atoms with Crippen LogP contribution in [0.5, 0.6) is 0 Å². The van der Waals surface area contributed by atoms with Gasteiger partial charge in [0.15, 0.2) is 0 Å². The van der Waals surface area contributed by atoms with Crippen LogP contribution in [0.4, 0.5) is 0 Å². The number of allylic oxidation sites excluding steroid dienone is 2. The van der Waals surface area contributed by atoms with Crippen molar-refractivity contribution in [3.8, 4) is 0 Å². The predicted octanol–water partition coefficient (Wildman–Crippen LogP) is 10.8. The number of hydrogen-bond donors (Lipinski definition) is 0. The SMILES string of the molecule is [CH2]CCCCCCC/C=C/CCCCCCCC(CCCC)CCCCCC[CH2]. The molecular formula is C29H56. The van der Waals surface area contributed by atoms with E-state index in [-0.39, 0.29) is 0 Å². The first kappa shape index (κ1) is 28.7. The summed E-state index contributed by atoms with van der Waals surface area (Å²) in [5, 5.41) is 0. The van der Waals surface area contributed by atoms with Crippen molar-refractivity contribution in [3.05, 3.63) is 26.0 Å². The third-order valence-corrected chi connectivity index (χ3v) is 6.35. The van der Waals surface area contributed by atoms with Gasteiger partial charge in [0.2, 0.25) is 0 Å². The van der Waals surface area contributed by atoms with Gasteiger partial charge >= 0.3 is 0 Å². The van der Waals surface area contributed by atoms with Crippen molar-refractivity contribution in [1.29, 1.82) is 0 Å². The zero-order valence-corrected chi connectivity index (χ0v) is 20.4. The van der Waals surface area contributed by atoms with Gasteiger partial charge in [-0.15, -0.1) is 0 Å². The molecule has 0 heterocycles. The van der Waals surface area contributed by atoms with Gasteiger partial charge in [0.1, 0.15) is 0 Å². The molecule has 0 spiro atoms. The van der Waals surface area contributed by atoms with Gasteiger partial charge in [-0.25, -0.2) is 0 Å². The molecule has 0 bridgehead atoms. The van der Waals surface area contributed by atoms with E-state index in [0.29, 0.717) is 0 Å². The van der Waals surface area contributed by atoms with Crippen LogP contribution in [0.3, 0.4) is 0 Å². The number of rotatable bonds is 24. The molecule has 0 aromatic heterocycles. The fraction of sp³-hybridized carbons (Fsp3) is 0.862. The van der Waals surface area contributed by atoms with Crippen LogP contribution >= 0.6 is 0 Å².